The maximum atomic E-state index is 16.8. The summed E-state index contributed by atoms with van der Waals surface area (Å²) in [4.78, 5) is 17.9. The molecule has 12 heteroatoms. The zero-order chi connectivity index (χ0) is 30.2. The van der Waals surface area contributed by atoms with Crippen LogP contribution in [0.1, 0.15) is 24.8 Å². The van der Waals surface area contributed by atoms with Gasteiger partial charge in [-0.15, -0.1) is 6.42 Å². The molecule has 0 aliphatic carbocycles. The van der Waals surface area contributed by atoms with Crippen LogP contribution < -0.4 is 14.4 Å². The third-order valence-corrected chi connectivity index (χ3v) is 9.30. The monoisotopic (exact) mass is 603 g/mol. The molecule has 3 saturated heterocycles. The van der Waals surface area contributed by atoms with Gasteiger partial charge in [0.2, 0.25) is 5.88 Å². The highest BCUT2D eigenvalue weighted by Gasteiger charge is 2.49. The van der Waals surface area contributed by atoms with E-state index in [-0.39, 0.29) is 70.0 Å². The minimum absolute atomic E-state index is 0.0135. The maximum Gasteiger partial charge on any atom is 0.319 e. The van der Waals surface area contributed by atoms with E-state index in [0.717, 1.165) is 19.4 Å². The molecule has 0 unspecified atom stereocenters. The molecule has 8 rings (SSSR count). The Bertz CT molecular complexity index is 1880. The Hall–Kier alpha value is -4.34. The van der Waals surface area contributed by atoms with E-state index in [4.69, 9.17) is 25.6 Å². The minimum atomic E-state index is -0.934. The number of nitrogens with zero attached hydrogens (tertiary/aromatic N) is 5. The van der Waals surface area contributed by atoms with Gasteiger partial charge in [-0.2, -0.15) is 9.97 Å². The molecule has 226 valence electrons. The normalized spacial score (nSPS) is 23.3. The number of halogens is 3. The molecule has 1 N–H and O–H groups in total. The lowest BCUT2D eigenvalue weighted by Crippen LogP contribution is -2.50. The number of hydrogen-bond acceptors (Lipinski definition) is 9. The van der Waals surface area contributed by atoms with E-state index in [0.29, 0.717) is 43.9 Å². The maximum absolute atomic E-state index is 16.8. The molecule has 4 aliphatic heterocycles. The number of anilines is 1. The second-order valence-electron chi connectivity index (χ2n) is 11.9. The third kappa shape index (κ3) is 4.13. The second kappa shape index (κ2) is 10.1. The van der Waals surface area contributed by atoms with Crippen LogP contribution in [-0.4, -0.2) is 88.8 Å². The molecule has 4 aliphatic rings. The number of ether oxygens (including phenoxy) is 3. The van der Waals surface area contributed by atoms with E-state index in [1.807, 2.05) is 4.90 Å². The van der Waals surface area contributed by atoms with Crippen molar-refractivity contribution in [2.24, 2.45) is 0 Å². The molecule has 0 radical (unpaired) electrons. The number of alkyl halides is 1. The number of pyridine rings is 1. The third-order valence-electron chi connectivity index (χ3n) is 9.30. The number of fused-ring (bicyclic) bond motifs is 2. The van der Waals surface area contributed by atoms with Gasteiger partial charge in [0.25, 0.3) is 0 Å². The van der Waals surface area contributed by atoms with Gasteiger partial charge in [0, 0.05) is 23.9 Å². The van der Waals surface area contributed by atoms with Gasteiger partial charge in [-0.1, -0.05) is 12.0 Å². The van der Waals surface area contributed by atoms with Gasteiger partial charge in [0.15, 0.2) is 5.82 Å². The van der Waals surface area contributed by atoms with Gasteiger partial charge < -0.3 is 24.2 Å². The number of aromatic nitrogens is 3. The molecule has 2 aromatic heterocycles. The van der Waals surface area contributed by atoms with Gasteiger partial charge in [-0.05, 0) is 43.0 Å². The summed E-state index contributed by atoms with van der Waals surface area (Å²) in [6.45, 7) is 2.91. The highest BCUT2D eigenvalue weighted by atomic mass is 19.1. The molecule has 9 nitrogen and oxygen atoms in total. The Balaban J connectivity index is 1.33. The Morgan fingerprint density at radius 2 is 2.00 bits per heavy atom. The quantitative estimate of drug-likeness (QED) is 0.334. The van der Waals surface area contributed by atoms with Crippen molar-refractivity contribution in [3.05, 3.63) is 41.5 Å². The van der Waals surface area contributed by atoms with Crippen LogP contribution in [0.4, 0.5) is 19.0 Å². The van der Waals surface area contributed by atoms with Crippen LogP contribution in [0.2, 0.25) is 0 Å². The number of phenolic OH excluding ortho intramolecular Hbond substituents is 1. The van der Waals surface area contributed by atoms with Gasteiger partial charge in [0.05, 0.1) is 36.9 Å². The van der Waals surface area contributed by atoms with Crippen LogP contribution in [0.5, 0.6) is 17.6 Å². The topological polar surface area (TPSA) is 93.1 Å². The molecule has 44 heavy (non-hydrogen) atoms. The van der Waals surface area contributed by atoms with Crippen LogP contribution in [-0.2, 0) is 4.74 Å². The number of rotatable bonds is 5. The average molecular weight is 604 g/mol. The molecular formula is C32H28F3N5O4. The first kappa shape index (κ1) is 27.2. The number of phenols is 1. The predicted octanol–water partition coefficient (Wildman–Crippen LogP) is 4.36. The molecule has 0 saturated carbocycles. The fraction of sp³-hybridized carbons (Fsp3) is 0.406. The lowest BCUT2D eigenvalue weighted by molar-refractivity contribution is 0.00725. The number of benzene rings is 2. The summed E-state index contributed by atoms with van der Waals surface area (Å²) in [7, 11) is 0. The smallest absolute Gasteiger partial charge is 0.319 e. The zero-order valence-electron chi connectivity index (χ0n) is 23.7. The lowest BCUT2D eigenvalue weighted by Gasteiger charge is -2.37. The number of terminal acetylenes is 1. The molecule has 0 bridgehead atoms. The first-order chi connectivity index (χ1) is 21.3. The largest absolute Gasteiger partial charge is 0.508 e. The van der Waals surface area contributed by atoms with E-state index in [9.17, 15) is 13.9 Å². The van der Waals surface area contributed by atoms with Crippen molar-refractivity contribution in [1.29, 1.82) is 0 Å². The van der Waals surface area contributed by atoms with Crippen LogP contribution in [0.25, 0.3) is 32.9 Å². The molecular weight excluding hydrogens is 575 g/mol. The summed E-state index contributed by atoms with van der Waals surface area (Å²) in [5.41, 5.74) is -0.786. The van der Waals surface area contributed by atoms with Gasteiger partial charge in [-0.3, -0.25) is 4.90 Å². The van der Waals surface area contributed by atoms with Gasteiger partial charge in [0.1, 0.15) is 53.4 Å². The Kier molecular flexibility index (Phi) is 6.25. The van der Waals surface area contributed by atoms with Crippen molar-refractivity contribution in [2.75, 3.05) is 51.0 Å². The van der Waals surface area contributed by atoms with Crippen molar-refractivity contribution < 1.29 is 32.5 Å². The van der Waals surface area contributed by atoms with E-state index in [1.54, 1.807) is 0 Å². The summed E-state index contributed by atoms with van der Waals surface area (Å²) in [5, 5.41) is 11.5. The van der Waals surface area contributed by atoms with Crippen molar-refractivity contribution in [1.82, 2.24) is 19.9 Å². The van der Waals surface area contributed by atoms with Crippen LogP contribution >= 0.6 is 0 Å². The SMILES string of the molecule is C#Cc1c(F)ccc2cc(O)cc(-c3nc4c5c(nc(OC[C@@]67CCCN6C[C@H](F)C7)nc5c3F)N(C3COC3)CCO4)c12. The van der Waals surface area contributed by atoms with Crippen molar-refractivity contribution in [3.8, 4) is 41.2 Å². The van der Waals surface area contributed by atoms with Crippen molar-refractivity contribution >= 4 is 27.5 Å². The summed E-state index contributed by atoms with van der Waals surface area (Å²) >= 11 is 0. The standard InChI is InChI=1S/C32H28F3N5O4/c1-2-21-23(34)5-4-17-10-20(41)11-22(24(17)21)27-26(35)28-25-29(40(19-14-42-15-19)8-9-43-30(25)36-27)38-31(37-28)44-16-32-6-3-7-39(32)13-18(33)12-32/h1,4-5,10-11,18-19,41H,3,6-9,12-16H2/t18-,32+/m1/s1. The Morgan fingerprint density at radius 1 is 1.14 bits per heavy atom. The first-order valence-corrected chi connectivity index (χ1v) is 14.7. The molecule has 2 atom stereocenters. The molecule has 3 fully saturated rings. The van der Waals surface area contributed by atoms with Crippen LogP contribution in [0, 0.1) is 24.0 Å². The minimum Gasteiger partial charge on any atom is -0.508 e. The highest BCUT2D eigenvalue weighted by Crippen LogP contribution is 2.44. The van der Waals surface area contributed by atoms with E-state index in [1.165, 1.54) is 24.3 Å². The van der Waals surface area contributed by atoms with Crippen molar-refractivity contribution in [2.45, 2.75) is 37.0 Å². The first-order valence-electron chi connectivity index (χ1n) is 14.7. The lowest BCUT2D eigenvalue weighted by atomic mass is 9.95. The van der Waals surface area contributed by atoms with Crippen molar-refractivity contribution in [3.63, 3.8) is 0 Å². The van der Waals surface area contributed by atoms with E-state index < -0.39 is 23.3 Å². The number of aromatic hydroxyl groups is 1. The molecule has 0 amide bonds. The summed E-state index contributed by atoms with van der Waals surface area (Å²) in [6.07, 6.45) is 6.83. The van der Waals surface area contributed by atoms with Crippen LogP contribution in [0.3, 0.4) is 0 Å². The fourth-order valence-electron chi connectivity index (χ4n) is 7.16. The van der Waals surface area contributed by atoms with E-state index in [2.05, 4.69) is 20.8 Å². The molecule has 0 spiro atoms. The second-order valence-corrected chi connectivity index (χ2v) is 11.9. The fourth-order valence-corrected chi connectivity index (χ4v) is 7.16. The van der Waals surface area contributed by atoms with Gasteiger partial charge >= 0.3 is 6.01 Å². The molecule has 4 aromatic rings. The highest BCUT2D eigenvalue weighted by molar-refractivity contribution is 6.04. The molecule has 6 heterocycles. The Morgan fingerprint density at radius 3 is 2.80 bits per heavy atom. The van der Waals surface area contributed by atoms with Gasteiger partial charge in [-0.25, -0.2) is 18.2 Å². The van der Waals surface area contributed by atoms with E-state index >= 15 is 4.39 Å². The zero-order valence-corrected chi connectivity index (χ0v) is 23.7. The number of hydrogen-bond donors (Lipinski definition) is 1. The molecule has 2 aromatic carbocycles. The predicted molar refractivity (Wildman–Crippen MR) is 156 cm³/mol. The summed E-state index contributed by atoms with van der Waals surface area (Å²) in [5.74, 6) is 1.17. The summed E-state index contributed by atoms with van der Waals surface area (Å²) < 4.78 is 63.8. The summed E-state index contributed by atoms with van der Waals surface area (Å²) in [6, 6.07) is 5.31. The Labute approximate surface area is 250 Å². The average Bonchev–Trinajstić information content (AvgIpc) is 3.44. The van der Waals surface area contributed by atoms with Crippen LogP contribution in [0.15, 0.2) is 24.3 Å².